The van der Waals surface area contributed by atoms with Gasteiger partial charge < -0.3 is 5.73 Å². The van der Waals surface area contributed by atoms with Crippen LogP contribution in [0.1, 0.15) is 19.3 Å². The average molecular weight is 288 g/mol. The molecule has 0 spiro atoms. The van der Waals surface area contributed by atoms with Crippen LogP contribution in [-0.2, 0) is 4.79 Å². The summed E-state index contributed by atoms with van der Waals surface area (Å²) in [6.45, 7) is 0. The Morgan fingerprint density at radius 1 is 1.55 bits per heavy atom. The van der Waals surface area contributed by atoms with Crippen molar-refractivity contribution < 1.29 is 13.6 Å². The van der Waals surface area contributed by atoms with Crippen molar-refractivity contribution in [1.82, 2.24) is 9.66 Å². The maximum Gasteiger partial charge on any atom is 0.347 e. The summed E-state index contributed by atoms with van der Waals surface area (Å²) in [6.07, 6.45) is 0.669. The zero-order valence-corrected chi connectivity index (χ0v) is 10.4. The standard InChI is InChI=1S/C11H14F2N4O3/c12-11(13)4-6(5-11)3-7(14)9(19)16-17-2-1-8(18)15-10(17)20/h1-2,6-7H,3-5,14H2,(H,16,19)(H,15,18,20). The Kier molecular flexibility index (Phi) is 3.71. The predicted molar refractivity (Wildman–Crippen MR) is 66.0 cm³/mol. The second-order valence-corrected chi connectivity index (χ2v) is 4.93. The molecule has 4 N–H and O–H groups in total. The van der Waals surface area contributed by atoms with Crippen molar-refractivity contribution in [3.8, 4) is 0 Å². The molecule has 110 valence electrons. The van der Waals surface area contributed by atoms with Crippen LogP contribution in [0.5, 0.6) is 0 Å². The van der Waals surface area contributed by atoms with Gasteiger partial charge in [-0.1, -0.05) is 0 Å². The maximum absolute atomic E-state index is 12.7. The summed E-state index contributed by atoms with van der Waals surface area (Å²) in [7, 11) is 0. The van der Waals surface area contributed by atoms with E-state index < -0.39 is 29.1 Å². The number of aromatic amines is 1. The van der Waals surface area contributed by atoms with Crippen LogP contribution < -0.4 is 22.4 Å². The lowest BCUT2D eigenvalue weighted by atomic mass is 9.77. The van der Waals surface area contributed by atoms with E-state index in [1.807, 2.05) is 4.98 Å². The summed E-state index contributed by atoms with van der Waals surface area (Å²) < 4.78 is 26.1. The Labute approximate surface area is 111 Å². The van der Waals surface area contributed by atoms with Crippen molar-refractivity contribution in [3.05, 3.63) is 33.1 Å². The first-order valence-corrected chi connectivity index (χ1v) is 6.03. The van der Waals surface area contributed by atoms with Crippen LogP contribution in [0.3, 0.4) is 0 Å². The molecule has 1 saturated carbocycles. The van der Waals surface area contributed by atoms with Crippen molar-refractivity contribution >= 4 is 5.91 Å². The highest BCUT2D eigenvalue weighted by Crippen LogP contribution is 2.44. The van der Waals surface area contributed by atoms with Gasteiger partial charge in [-0.25, -0.2) is 18.3 Å². The molecular formula is C11H14F2N4O3. The summed E-state index contributed by atoms with van der Waals surface area (Å²) in [6, 6.07) is 0.0644. The third-order valence-corrected chi connectivity index (χ3v) is 3.15. The molecule has 1 fully saturated rings. The van der Waals surface area contributed by atoms with Gasteiger partial charge in [0.2, 0.25) is 5.92 Å². The van der Waals surface area contributed by atoms with E-state index in [4.69, 9.17) is 5.73 Å². The predicted octanol–water partition coefficient (Wildman–Crippen LogP) is -0.631. The van der Waals surface area contributed by atoms with E-state index >= 15 is 0 Å². The Morgan fingerprint density at radius 2 is 2.20 bits per heavy atom. The van der Waals surface area contributed by atoms with E-state index in [0.717, 1.165) is 16.9 Å². The van der Waals surface area contributed by atoms with Gasteiger partial charge in [-0.3, -0.25) is 20.0 Å². The topological polar surface area (TPSA) is 110 Å². The van der Waals surface area contributed by atoms with Crippen LogP contribution in [0.15, 0.2) is 21.9 Å². The van der Waals surface area contributed by atoms with Crippen molar-refractivity contribution in [1.29, 1.82) is 0 Å². The lowest BCUT2D eigenvalue weighted by Crippen LogP contribution is -2.47. The van der Waals surface area contributed by atoms with Crippen LogP contribution in [0, 0.1) is 5.92 Å². The molecule has 1 amide bonds. The summed E-state index contributed by atoms with van der Waals surface area (Å²) in [5.74, 6) is -3.62. The monoisotopic (exact) mass is 288 g/mol. The van der Waals surface area contributed by atoms with Gasteiger partial charge in [0.05, 0.1) is 6.04 Å². The number of halogens is 2. The molecule has 1 unspecified atom stereocenters. The second kappa shape index (κ2) is 5.16. The van der Waals surface area contributed by atoms with E-state index in [2.05, 4.69) is 5.43 Å². The Bertz CT molecular complexity index is 617. The number of nitrogens with zero attached hydrogens (tertiary/aromatic N) is 1. The Morgan fingerprint density at radius 3 is 2.75 bits per heavy atom. The number of aromatic nitrogens is 2. The number of amides is 1. The highest BCUT2D eigenvalue weighted by atomic mass is 19.3. The van der Waals surface area contributed by atoms with Crippen LogP contribution in [0.2, 0.25) is 0 Å². The second-order valence-electron chi connectivity index (χ2n) is 4.93. The zero-order chi connectivity index (χ0) is 14.9. The lowest BCUT2D eigenvalue weighted by molar-refractivity contribution is -0.125. The number of carbonyl (C=O) groups is 1. The molecule has 0 saturated heterocycles. The smallest absolute Gasteiger partial charge is 0.320 e. The fourth-order valence-corrected chi connectivity index (χ4v) is 2.12. The molecule has 1 aliphatic carbocycles. The molecule has 0 radical (unpaired) electrons. The van der Waals surface area contributed by atoms with Crippen LogP contribution in [-0.4, -0.2) is 27.5 Å². The number of rotatable bonds is 4. The third-order valence-electron chi connectivity index (χ3n) is 3.15. The minimum absolute atomic E-state index is 0.125. The maximum atomic E-state index is 12.7. The number of nitrogens with two attached hydrogens (primary N) is 1. The van der Waals surface area contributed by atoms with E-state index in [-0.39, 0.29) is 25.2 Å². The minimum atomic E-state index is -2.66. The lowest BCUT2D eigenvalue weighted by Gasteiger charge is -2.35. The first kappa shape index (κ1) is 14.4. The van der Waals surface area contributed by atoms with Crippen molar-refractivity contribution in [3.63, 3.8) is 0 Å². The first-order chi connectivity index (χ1) is 9.27. The first-order valence-electron chi connectivity index (χ1n) is 6.03. The molecule has 0 aliphatic heterocycles. The quantitative estimate of drug-likeness (QED) is 0.685. The Balaban J connectivity index is 1.91. The minimum Gasteiger partial charge on any atom is -0.320 e. The molecule has 7 nitrogen and oxygen atoms in total. The number of H-pyrrole nitrogens is 1. The third kappa shape index (κ3) is 3.29. The summed E-state index contributed by atoms with van der Waals surface area (Å²) in [5.41, 5.74) is 6.39. The van der Waals surface area contributed by atoms with E-state index in [1.54, 1.807) is 0 Å². The molecule has 0 bridgehead atoms. The van der Waals surface area contributed by atoms with Gasteiger partial charge in [0.1, 0.15) is 0 Å². The van der Waals surface area contributed by atoms with Crippen LogP contribution in [0.4, 0.5) is 8.78 Å². The fraction of sp³-hybridized carbons (Fsp3) is 0.545. The van der Waals surface area contributed by atoms with E-state index in [9.17, 15) is 23.2 Å². The van der Waals surface area contributed by atoms with Crippen LogP contribution >= 0.6 is 0 Å². The van der Waals surface area contributed by atoms with Crippen molar-refractivity contribution in [2.75, 3.05) is 5.43 Å². The van der Waals surface area contributed by atoms with Gasteiger partial charge in [-0.05, 0) is 12.3 Å². The average Bonchev–Trinajstić information content (AvgIpc) is 2.30. The van der Waals surface area contributed by atoms with Gasteiger partial charge in [0.25, 0.3) is 11.5 Å². The van der Waals surface area contributed by atoms with Gasteiger partial charge >= 0.3 is 5.69 Å². The highest BCUT2D eigenvalue weighted by Gasteiger charge is 2.45. The number of alkyl halides is 2. The Hall–Kier alpha value is -2.03. The molecule has 9 heteroatoms. The molecule has 1 atom stereocenters. The van der Waals surface area contributed by atoms with Gasteiger partial charge in [0.15, 0.2) is 0 Å². The largest absolute Gasteiger partial charge is 0.347 e. The molecule has 1 aromatic heterocycles. The number of nitrogens with one attached hydrogen (secondary N) is 2. The molecule has 1 heterocycles. The summed E-state index contributed by atoms with van der Waals surface area (Å²) >= 11 is 0. The molecule has 0 aromatic carbocycles. The van der Waals surface area contributed by atoms with Gasteiger partial charge in [-0.2, -0.15) is 0 Å². The fourth-order valence-electron chi connectivity index (χ4n) is 2.12. The van der Waals surface area contributed by atoms with E-state index in [1.165, 1.54) is 0 Å². The summed E-state index contributed by atoms with van der Waals surface area (Å²) in [5, 5.41) is 0. The zero-order valence-electron chi connectivity index (χ0n) is 10.4. The highest BCUT2D eigenvalue weighted by molar-refractivity contribution is 5.88. The van der Waals surface area contributed by atoms with Gasteiger partial charge in [-0.15, -0.1) is 0 Å². The summed E-state index contributed by atoms with van der Waals surface area (Å²) in [4.78, 5) is 35.8. The molecule has 1 aliphatic rings. The number of hydrogen-bond donors (Lipinski definition) is 3. The van der Waals surface area contributed by atoms with Gasteiger partial charge in [0, 0.05) is 25.1 Å². The number of carbonyl (C=O) groups excluding carboxylic acids is 1. The van der Waals surface area contributed by atoms with Crippen molar-refractivity contribution in [2.24, 2.45) is 11.7 Å². The van der Waals surface area contributed by atoms with Crippen LogP contribution in [0.25, 0.3) is 0 Å². The SMILES string of the molecule is NC(CC1CC(F)(F)C1)C(=O)Nn1ccc(=O)[nH]c1=O. The molecule has 2 rings (SSSR count). The number of hydrogen-bond acceptors (Lipinski definition) is 4. The molecule has 1 aromatic rings. The molecule has 20 heavy (non-hydrogen) atoms. The normalized spacial score (nSPS) is 19.1. The molecular weight excluding hydrogens is 274 g/mol. The van der Waals surface area contributed by atoms with Crippen molar-refractivity contribution in [2.45, 2.75) is 31.2 Å². The van der Waals surface area contributed by atoms with E-state index in [0.29, 0.717) is 0 Å².